The van der Waals surface area contributed by atoms with Crippen molar-refractivity contribution in [2.45, 2.75) is 19.9 Å². The summed E-state index contributed by atoms with van der Waals surface area (Å²) in [7, 11) is 0. The molecule has 0 aliphatic carbocycles. The second kappa shape index (κ2) is 3.54. The zero-order valence-electron chi connectivity index (χ0n) is 7.36. The SMILES string of the molecule is CC(C)C(N)c1cncc(O)c1. The highest BCUT2D eigenvalue weighted by Gasteiger charge is 2.10. The first-order chi connectivity index (χ1) is 5.61. The first kappa shape index (κ1) is 9.00. The number of aromatic nitrogens is 1. The van der Waals surface area contributed by atoms with Crippen LogP contribution in [0.3, 0.4) is 0 Å². The molecule has 1 aromatic heterocycles. The number of hydrogen-bond donors (Lipinski definition) is 2. The lowest BCUT2D eigenvalue weighted by Crippen LogP contribution is -2.16. The molecule has 0 bridgehead atoms. The molecule has 0 saturated heterocycles. The predicted molar refractivity (Wildman–Crippen MR) is 47.7 cm³/mol. The minimum atomic E-state index is -0.0513. The molecule has 0 aromatic carbocycles. The molecule has 66 valence electrons. The van der Waals surface area contributed by atoms with E-state index in [2.05, 4.69) is 4.98 Å². The lowest BCUT2D eigenvalue weighted by atomic mass is 9.99. The van der Waals surface area contributed by atoms with E-state index in [1.807, 2.05) is 13.8 Å². The Hall–Kier alpha value is -1.09. The highest BCUT2D eigenvalue weighted by Crippen LogP contribution is 2.20. The smallest absolute Gasteiger partial charge is 0.134 e. The molecular weight excluding hydrogens is 152 g/mol. The molecule has 0 fully saturated rings. The van der Waals surface area contributed by atoms with Crippen LogP contribution in [-0.2, 0) is 0 Å². The third-order valence-electron chi connectivity index (χ3n) is 1.85. The minimum absolute atomic E-state index is 0.0513. The molecule has 1 heterocycles. The van der Waals surface area contributed by atoms with Crippen LogP contribution in [-0.4, -0.2) is 10.1 Å². The summed E-state index contributed by atoms with van der Waals surface area (Å²) >= 11 is 0. The Labute approximate surface area is 72.2 Å². The fraction of sp³-hybridized carbons (Fsp3) is 0.444. The molecule has 0 spiro atoms. The average molecular weight is 166 g/mol. The summed E-state index contributed by atoms with van der Waals surface area (Å²) in [6.45, 7) is 4.07. The number of rotatable bonds is 2. The normalized spacial score (nSPS) is 13.3. The van der Waals surface area contributed by atoms with Crippen LogP contribution in [0.15, 0.2) is 18.5 Å². The standard InChI is InChI=1S/C9H14N2O/c1-6(2)9(10)7-3-8(12)5-11-4-7/h3-6,9,12H,10H2,1-2H3. The van der Waals surface area contributed by atoms with Gasteiger partial charge < -0.3 is 10.8 Å². The fourth-order valence-electron chi connectivity index (χ4n) is 1.01. The van der Waals surface area contributed by atoms with Gasteiger partial charge in [0.25, 0.3) is 0 Å². The van der Waals surface area contributed by atoms with Crippen LogP contribution in [0, 0.1) is 5.92 Å². The number of nitrogens with zero attached hydrogens (tertiary/aromatic N) is 1. The van der Waals surface area contributed by atoms with Gasteiger partial charge in [-0.2, -0.15) is 0 Å². The van der Waals surface area contributed by atoms with Crippen molar-refractivity contribution in [3.05, 3.63) is 24.0 Å². The van der Waals surface area contributed by atoms with Crippen LogP contribution in [0.5, 0.6) is 5.75 Å². The molecule has 1 atom stereocenters. The summed E-state index contributed by atoms with van der Waals surface area (Å²) in [5.41, 5.74) is 6.74. The van der Waals surface area contributed by atoms with Gasteiger partial charge in [0.1, 0.15) is 5.75 Å². The van der Waals surface area contributed by atoms with Crippen LogP contribution in [0.25, 0.3) is 0 Å². The van der Waals surface area contributed by atoms with Gasteiger partial charge in [0, 0.05) is 12.2 Å². The molecule has 1 unspecified atom stereocenters. The van der Waals surface area contributed by atoms with Crippen LogP contribution in [0.2, 0.25) is 0 Å². The van der Waals surface area contributed by atoms with Gasteiger partial charge in [-0.25, -0.2) is 0 Å². The topological polar surface area (TPSA) is 59.1 Å². The Bertz CT molecular complexity index is 260. The zero-order chi connectivity index (χ0) is 9.14. The van der Waals surface area contributed by atoms with Gasteiger partial charge in [0.15, 0.2) is 0 Å². The van der Waals surface area contributed by atoms with Gasteiger partial charge in [-0.3, -0.25) is 4.98 Å². The van der Waals surface area contributed by atoms with Crippen LogP contribution >= 0.6 is 0 Å². The average Bonchev–Trinajstić information content (AvgIpc) is 2.03. The molecule has 1 rings (SSSR count). The summed E-state index contributed by atoms with van der Waals surface area (Å²) in [6.07, 6.45) is 3.08. The van der Waals surface area contributed by atoms with E-state index in [4.69, 9.17) is 10.8 Å². The molecule has 0 aliphatic rings. The molecule has 0 amide bonds. The number of pyridine rings is 1. The quantitative estimate of drug-likeness (QED) is 0.699. The van der Waals surface area contributed by atoms with Crippen molar-refractivity contribution in [1.82, 2.24) is 4.98 Å². The van der Waals surface area contributed by atoms with Crippen molar-refractivity contribution in [3.63, 3.8) is 0 Å². The van der Waals surface area contributed by atoms with E-state index >= 15 is 0 Å². The summed E-state index contributed by atoms with van der Waals surface area (Å²) in [4.78, 5) is 3.86. The highest BCUT2D eigenvalue weighted by atomic mass is 16.3. The van der Waals surface area contributed by atoms with Gasteiger partial charge in [0.05, 0.1) is 6.20 Å². The second-order valence-electron chi connectivity index (χ2n) is 3.25. The van der Waals surface area contributed by atoms with Gasteiger partial charge in [0.2, 0.25) is 0 Å². The van der Waals surface area contributed by atoms with E-state index in [0.717, 1.165) is 5.56 Å². The Morgan fingerprint density at radius 2 is 2.08 bits per heavy atom. The first-order valence-corrected chi connectivity index (χ1v) is 4.00. The molecule has 0 radical (unpaired) electrons. The lowest BCUT2D eigenvalue weighted by molar-refractivity contribution is 0.465. The van der Waals surface area contributed by atoms with Crippen molar-refractivity contribution in [2.75, 3.05) is 0 Å². The van der Waals surface area contributed by atoms with Crippen molar-refractivity contribution in [2.24, 2.45) is 11.7 Å². The maximum absolute atomic E-state index is 9.13. The number of hydrogen-bond acceptors (Lipinski definition) is 3. The number of nitrogens with two attached hydrogens (primary N) is 1. The Morgan fingerprint density at radius 3 is 2.58 bits per heavy atom. The van der Waals surface area contributed by atoms with Crippen LogP contribution < -0.4 is 5.73 Å². The zero-order valence-corrected chi connectivity index (χ0v) is 7.36. The van der Waals surface area contributed by atoms with Crippen LogP contribution in [0.1, 0.15) is 25.5 Å². The maximum atomic E-state index is 9.13. The van der Waals surface area contributed by atoms with Gasteiger partial charge >= 0.3 is 0 Å². The molecule has 3 nitrogen and oxygen atoms in total. The van der Waals surface area contributed by atoms with E-state index in [1.54, 1.807) is 12.3 Å². The van der Waals surface area contributed by atoms with E-state index in [1.165, 1.54) is 6.20 Å². The second-order valence-corrected chi connectivity index (χ2v) is 3.25. The third-order valence-corrected chi connectivity index (χ3v) is 1.85. The van der Waals surface area contributed by atoms with Crippen molar-refractivity contribution < 1.29 is 5.11 Å². The molecular formula is C9H14N2O. The number of aromatic hydroxyl groups is 1. The van der Waals surface area contributed by atoms with E-state index in [-0.39, 0.29) is 11.8 Å². The fourth-order valence-corrected chi connectivity index (χ4v) is 1.01. The van der Waals surface area contributed by atoms with Crippen molar-refractivity contribution in [1.29, 1.82) is 0 Å². The van der Waals surface area contributed by atoms with Crippen LogP contribution in [0.4, 0.5) is 0 Å². The van der Waals surface area contributed by atoms with Crippen molar-refractivity contribution >= 4 is 0 Å². The van der Waals surface area contributed by atoms with Gasteiger partial charge in [-0.05, 0) is 17.5 Å². The van der Waals surface area contributed by atoms with E-state index in [9.17, 15) is 0 Å². The molecule has 12 heavy (non-hydrogen) atoms. The molecule has 3 N–H and O–H groups in total. The Balaban J connectivity index is 2.88. The molecule has 1 aromatic rings. The minimum Gasteiger partial charge on any atom is -0.506 e. The Kier molecular flexibility index (Phi) is 2.65. The van der Waals surface area contributed by atoms with Gasteiger partial charge in [-0.1, -0.05) is 13.8 Å². The van der Waals surface area contributed by atoms with E-state index < -0.39 is 0 Å². The molecule has 0 saturated carbocycles. The molecule has 0 aliphatic heterocycles. The summed E-state index contributed by atoms with van der Waals surface area (Å²) in [5, 5.41) is 9.13. The Morgan fingerprint density at radius 1 is 1.42 bits per heavy atom. The molecule has 3 heteroatoms. The maximum Gasteiger partial charge on any atom is 0.134 e. The first-order valence-electron chi connectivity index (χ1n) is 4.00. The summed E-state index contributed by atoms with van der Waals surface area (Å²) in [6, 6.07) is 1.60. The summed E-state index contributed by atoms with van der Waals surface area (Å²) < 4.78 is 0. The third kappa shape index (κ3) is 1.95. The highest BCUT2D eigenvalue weighted by molar-refractivity contribution is 5.24. The van der Waals surface area contributed by atoms with Crippen molar-refractivity contribution in [3.8, 4) is 5.75 Å². The lowest BCUT2D eigenvalue weighted by Gasteiger charge is -2.15. The van der Waals surface area contributed by atoms with Gasteiger partial charge in [-0.15, -0.1) is 0 Å². The summed E-state index contributed by atoms with van der Waals surface area (Å²) in [5.74, 6) is 0.525. The predicted octanol–water partition coefficient (Wildman–Crippen LogP) is 1.44. The monoisotopic (exact) mass is 166 g/mol. The largest absolute Gasteiger partial charge is 0.506 e. The van der Waals surface area contributed by atoms with E-state index in [0.29, 0.717) is 5.92 Å².